The number of rotatable bonds is 10. The standard InChI is InChI=1S/C27H34FN9O2/c1-2-30-25-20(26(38)31-10-13-37-11-4-3-5-12-37)17-33-24(36-25)19-7-8-22(21(28)14-19)35-27(39)34-16-18-6-9-23(29)32-15-18/h6-9,14-15,17H,2-5,10-13,16H2,1H3,(H2,29,32)(H,31,38)(H,30,33,36)(H2,34,35,39). The first-order valence-corrected chi connectivity index (χ1v) is 13.1. The van der Waals surface area contributed by atoms with Crippen LogP contribution in [0.4, 0.5) is 26.5 Å². The molecule has 3 amide bonds. The molecule has 11 nitrogen and oxygen atoms in total. The molecule has 0 radical (unpaired) electrons. The molecule has 3 heterocycles. The average molecular weight is 536 g/mol. The maximum atomic E-state index is 14.8. The van der Waals surface area contributed by atoms with Gasteiger partial charge in [0.25, 0.3) is 5.91 Å². The number of aromatic nitrogens is 3. The van der Waals surface area contributed by atoms with Gasteiger partial charge in [0.05, 0.1) is 5.69 Å². The number of nitrogens with one attached hydrogen (secondary N) is 4. The molecule has 0 bridgehead atoms. The lowest BCUT2D eigenvalue weighted by atomic mass is 10.1. The van der Waals surface area contributed by atoms with Crippen LogP contribution in [0.1, 0.15) is 42.1 Å². The van der Waals surface area contributed by atoms with Gasteiger partial charge in [-0.15, -0.1) is 0 Å². The number of halogens is 1. The van der Waals surface area contributed by atoms with Gasteiger partial charge < -0.3 is 31.9 Å². The zero-order valence-electron chi connectivity index (χ0n) is 22.0. The van der Waals surface area contributed by atoms with Gasteiger partial charge in [-0.1, -0.05) is 12.5 Å². The Morgan fingerprint density at radius 2 is 1.87 bits per heavy atom. The van der Waals surface area contributed by atoms with E-state index in [2.05, 4.69) is 41.1 Å². The van der Waals surface area contributed by atoms with Crippen molar-refractivity contribution in [3.63, 3.8) is 0 Å². The maximum Gasteiger partial charge on any atom is 0.319 e. The van der Waals surface area contributed by atoms with Gasteiger partial charge in [-0.2, -0.15) is 0 Å². The molecule has 206 valence electrons. The van der Waals surface area contributed by atoms with E-state index < -0.39 is 11.8 Å². The van der Waals surface area contributed by atoms with Gasteiger partial charge in [0.15, 0.2) is 5.82 Å². The molecule has 3 aromatic rings. The third-order valence-electron chi connectivity index (χ3n) is 6.32. The van der Waals surface area contributed by atoms with E-state index in [1.165, 1.54) is 37.6 Å². The Labute approximate surface area is 226 Å². The van der Waals surface area contributed by atoms with Gasteiger partial charge in [0.2, 0.25) is 0 Å². The predicted molar refractivity (Wildman–Crippen MR) is 149 cm³/mol. The van der Waals surface area contributed by atoms with E-state index in [1.807, 2.05) is 6.92 Å². The van der Waals surface area contributed by atoms with Crippen LogP contribution >= 0.6 is 0 Å². The van der Waals surface area contributed by atoms with E-state index in [9.17, 15) is 14.0 Å². The quantitative estimate of drug-likeness (QED) is 0.266. The Morgan fingerprint density at radius 1 is 1.05 bits per heavy atom. The van der Waals surface area contributed by atoms with Crippen molar-refractivity contribution in [1.82, 2.24) is 30.5 Å². The van der Waals surface area contributed by atoms with E-state index in [4.69, 9.17) is 5.73 Å². The lowest BCUT2D eigenvalue weighted by Crippen LogP contribution is -2.37. The Kier molecular flexibility index (Phi) is 9.57. The summed E-state index contributed by atoms with van der Waals surface area (Å²) in [5.41, 5.74) is 7.04. The number of pyridine rings is 1. The maximum absolute atomic E-state index is 14.8. The van der Waals surface area contributed by atoms with Crippen LogP contribution in [-0.2, 0) is 6.54 Å². The Morgan fingerprint density at radius 3 is 2.59 bits per heavy atom. The third-order valence-corrected chi connectivity index (χ3v) is 6.32. The summed E-state index contributed by atoms with van der Waals surface area (Å²) in [7, 11) is 0. The number of hydrogen-bond donors (Lipinski definition) is 5. The Bertz CT molecular complexity index is 1280. The number of amides is 3. The number of carbonyl (C=O) groups excluding carboxylic acids is 2. The molecular formula is C27H34FN9O2. The summed E-state index contributed by atoms with van der Waals surface area (Å²) in [5, 5.41) is 11.2. The summed E-state index contributed by atoms with van der Waals surface area (Å²) in [6.45, 7) is 6.12. The number of anilines is 3. The topological polar surface area (TPSA) is 150 Å². The molecule has 0 aliphatic carbocycles. The van der Waals surface area contributed by atoms with Crippen LogP contribution < -0.4 is 27.0 Å². The summed E-state index contributed by atoms with van der Waals surface area (Å²) < 4.78 is 14.8. The molecule has 1 fully saturated rings. The van der Waals surface area contributed by atoms with Gasteiger partial charge in [-0.3, -0.25) is 4.79 Å². The van der Waals surface area contributed by atoms with Gasteiger partial charge in [-0.05, 0) is 62.7 Å². The van der Waals surface area contributed by atoms with E-state index >= 15 is 0 Å². The molecule has 1 aliphatic heterocycles. The number of urea groups is 1. The SMILES string of the molecule is CCNc1nc(-c2ccc(NC(=O)NCc3ccc(N)nc3)c(F)c2)ncc1C(=O)NCCN1CCCCC1. The third kappa shape index (κ3) is 7.84. The number of piperidine rings is 1. The lowest BCUT2D eigenvalue weighted by Gasteiger charge is -2.26. The molecule has 1 saturated heterocycles. The molecule has 1 aliphatic rings. The van der Waals surface area contributed by atoms with Gasteiger partial charge in [-0.25, -0.2) is 24.1 Å². The molecule has 6 N–H and O–H groups in total. The first-order chi connectivity index (χ1) is 18.9. The fourth-order valence-electron chi connectivity index (χ4n) is 4.24. The first kappa shape index (κ1) is 27.7. The zero-order chi connectivity index (χ0) is 27.6. The van der Waals surface area contributed by atoms with Crippen LogP contribution in [-0.4, -0.2) is 64.5 Å². The Hall–Kier alpha value is -4.32. The van der Waals surface area contributed by atoms with Crippen LogP contribution in [0.5, 0.6) is 0 Å². The summed E-state index contributed by atoms with van der Waals surface area (Å²) in [4.78, 5) is 40.2. The van der Waals surface area contributed by atoms with Gasteiger partial charge >= 0.3 is 6.03 Å². The highest BCUT2D eigenvalue weighted by Crippen LogP contribution is 2.24. The van der Waals surface area contributed by atoms with E-state index in [-0.39, 0.29) is 24.0 Å². The molecule has 0 saturated carbocycles. The van der Waals surface area contributed by atoms with Crippen molar-refractivity contribution in [3.05, 3.63) is 59.7 Å². The highest BCUT2D eigenvalue weighted by atomic mass is 19.1. The number of carbonyl (C=O) groups is 2. The predicted octanol–water partition coefficient (Wildman–Crippen LogP) is 3.23. The number of likely N-dealkylation sites (tertiary alicyclic amines) is 1. The van der Waals surface area contributed by atoms with Crippen LogP contribution in [0.2, 0.25) is 0 Å². The van der Waals surface area contributed by atoms with Crippen molar-refractivity contribution in [2.75, 3.05) is 49.1 Å². The highest BCUT2D eigenvalue weighted by Gasteiger charge is 2.17. The Balaban J connectivity index is 1.38. The zero-order valence-corrected chi connectivity index (χ0v) is 22.0. The fourth-order valence-corrected chi connectivity index (χ4v) is 4.24. The highest BCUT2D eigenvalue weighted by molar-refractivity contribution is 5.98. The number of nitrogen functional groups attached to an aromatic ring is 1. The monoisotopic (exact) mass is 535 g/mol. The van der Waals surface area contributed by atoms with Crippen molar-refractivity contribution in [2.24, 2.45) is 0 Å². The number of benzene rings is 1. The van der Waals surface area contributed by atoms with Crippen LogP contribution in [0.3, 0.4) is 0 Å². The van der Waals surface area contributed by atoms with Crippen LogP contribution in [0.25, 0.3) is 11.4 Å². The first-order valence-electron chi connectivity index (χ1n) is 13.1. The molecule has 12 heteroatoms. The minimum Gasteiger partial charge on any atom is -0.384 e. The van der Waals surface area contributed by atoms with Crippen LogP contribution in [0.15, 0.2) is 42.7 Å². The minimum atomic E-state index is -0.648. The normalized spacial score (nSPS) is 13.5. The molecule has 0 unspecified atom stereocenters. The number of nitrogens with two attached hydrogens (primary N) is 1. The van der Waals surface area contributed by atoms with E-state index in [0.717, 1.165) is 25.2 Å². The van der Waals surface area contributed by atoms with Crippen molar-refractivity contribution >= 4 is 29.3 Å². The molecule has 2 aromatic heterocycles. The van der Waals surface area contributed by atoms with Gasteiger partial charge in [0, 0.05) is 44.1 Å². The summed E-state index contributed by atoms with van der Waals surface area (Å²) in [6, 6.07) is 7.08. The van der Waals surface area contributed by atoms with Gasteiger partial charge in [0.1, 0.15) is 23.0 Å². The molecule has 0 atom stereocenters. The van der Waals surface area contributed by atoms with Crippen LogP contribution in [0, 0.1) is 5.82 Å². The van der Waals surface area contributed by atoms with E-state index in [1.54, 1.807) is 24.4 Å². The largest absolute Gasteiger partial charge is 0.384 e. The molecular weight excluding hydrogens is 501 g/mol. The van der Waals surface area contributed by atoms with Crippen molar-refractivity contribution in [1.29, 1.82) is 0 Å². The average Bonchev–Trinajstić information content (AvgIpc) is 2.94. The summed E-state index contributed by atoms with van der Waals surface area (Å²) >= 11 is 0. The molecule has 0 spiro atoms. The lowest BCUT2D eigenvalue weighted by molar-refractivity contribution is 0.0946. The van der Waals surface area contributed by atoms with E-state index in [0.29, 0.717) is 35.9 Å². The molecule has 39 heavy (non-hydrogen) atoms. The van der Waals surface area contributed by atoms with Crippen molar-refractivity contribution in [3.8, 4) is 11.4 Å². The smallest absolute Gasteiger partial charge is 0.319 e. The number of hydrogen-bond acceptors (Lipinski definition) is 8. The summed E-state index contributed by atoms with van der Waals surface area (Å²) in [5.74, 6) is 0.0951. The van der Waals surface area contributed by atoms with Crippen molar-refractivity contribution in [2.45, 2.75) is 32.7 Å². The second-order valence-corrected chi connectivity index (χ2v) is 9.24. The second-order valence-electron chi connectivity index (χ2n) is 9.24. The number of nitrogens with zero attached hydrogens (tertiary/aromatic N) is 4. The molecule has 4 rings (SSSR count). The fraction of sp³-hybridized carbons (Fsp3) is 0.370. The minimum absolute atomic E-state index is 0.00305. The summed E-state index contributed by atoms with van der Waals surface area (Å²) in [6.07, 6.45) is 6.65. The molecule has 1 aromatic carbocycles. The second kappa shape index (κ2) is 13.5. The van der Waals surface area contributed by atoms with Crippen molar-refractivity contribution < 1.29 is 14.0 Å².